The molecule has 0 heterocycles. The van der Waals surface area contributed by atoms with Crippen LogP contribution >= 0.6 is 0 Å². The third-order valence-electron chi connectivity index (χ3n) is 2.78. The molecular formula is C16H18N2O2. The van der Waals surface area contributed by atoms with Crippen molar-refractivity contribution in [1.29, 1.82) is 0 Å². The molecule has 3 N–H and O–H groups in total. The fourth-order valence-electron chi connectivity index (χ4n) is 1.71. The molecule has 4 nitrogen and oxygen atoms in total. The van der Waals surface area contributed by atoms with Gasteiger partial charge in [-0.15, -0.1) is 0 Å². The summed E-state index contributed by atoms with van der Waals surface area (Å²) in [5, 5.41) is 2.76. The summed E-state index contributed by atoms with van der Waals surface area (Å²) >= 11 is 0. The SMILES string of the molecule is Cc1cccc(Oc2ccccc2NC(=O)[C@@H](C)N)c1. The van der Waals surface area contributed by atoms with Crippen molar-refractivity contribution in [1.82, 2.24) is 0 Å². The summed E-state index contributed by atoms with van der Waals surface area (Å²) in [6.07, 6.45) is 0. The summed E-state index contributed by atoms with van der Waals surface area (Å²) in [5.74, 6) is 1.07. The maximum atomic E-state index is 11.7. The number of ether oxygens (including phenoxy) is 1. The lowest BCUT2D eigenvalue weighted by Crippen LogP contribution is -2.32. The fourth-order valence-corrected chi connectivity index (χ4v) is 1.71. The van der Waals surface area contributed by atoms with Crippen LogP contribution in [0.15, 0.2) is 48.5 Å². The molecule has 4 heteroatoms. The zero-order valence-electron chi connectivity index (χ0n) is 11.6. The third-order valence-corrected chi connectivity index (χ3v) is 2.78. The Balaban J connectivity index is 2.22. The van der Waals surface area contributed by atoms with E-state index in [-0.39, 0.29) is 5.91 Å². The number of aryl methyl sites for hydroxylation is 1. The van der Waals surface area contributed by atoms with Crippen molar-refractivity contribution in [3.63, 3.8) is 0 Å². The number of nitrogens with one attached hydrogen (secondary N) is 1. The Labute approximate surface area is 118 Å². The van der Waals surface area contributed by atoms with Gasteiger partial charge in [0, 0.05) is 0 Å². The Bertz CT molecular complexity index is 609. The second-order valence-corrected chi connectivity index (χ2v) is 4.69. The smallest absolute Gasteiger partial charge is 0.241 e. The van der Waals surface area contributed by atoms with E-state index < -0.39 is 6.04 Å². The van der Waals surface area contributed by atoms with Crippen molar-refractivity contribution >= 4 is 11.6 Å². The van der Waals surface area contributed by atoms with Crippen LogP contribution in [0.3, 0.4) is 0 Å². The van der Waals surface area contributed by atoms with E-state index in [4.69, 9.17) is 10.5 Å². The normalized spacial score (nSPS) is 11.8. The Morgan fingerprint density at radius 3 is 2.65 bits per heavy atom. The Morgan fingerprint density at radius 1 is 1.20 bits per heavy atom. The van der Waals surface area contributed by atoms with Crippen molar-refractivity contribution in [3.05, 3.63) is 54.1 Å². The predicted molar refractivity (Wildman–Crippen MR) is 80.0 cm³/mol. The van der Waals surface area contributed by atoms with Gasteiger partial charge in [0.1, 0.15) is 5.75 Å². The molecule has 0 aromatic heterocycles. The number of benzene rings is 2. The monoisotopic (exact) mass is 270 g/mol. The molecule has 0 unspecified atom stereocenters. The van der Waals surface area contributed by atoms with Crippen LogP contribution in [0.25, 0.3) is 0 Å². The molecule has 0 radical (unpaired) electrons. The highest BCUT2D eigenvalue weighted by molar-refractivity contribution is 5.95. The van der Waals surface area contributed by atoms with Crippen LogP contribution in [0.1, 0.15) is 12.5 Å². The average Bonchev–Trinajstić information content (AvgIpc) is 2.41. The number of para-hydroxylation sites is 2. The second kappa shape index (κ2) is 6.21. The summed E-state index contributed by atoms with van der Waals surface area (Å²) in [5.41, 5.74) is 7.27. The maximum Gasteiger partial charge on any atom is 0.241 e. The van der Waals surface area contributed by atoms with Crippen molar-refractivity contribution < 1.29 is 9.53 Å². The zero-order chi connectivity index (χ0) is 14.5. The number of hydrogen-bond donors (Lipinski definition) is 2. The topological polar surface area (TPSA) is 64.3 Å². The van der Waals surface area contributed by atoms with Gasteiger partial charge in [0.2, 0.25) is 5.91 Å². The van der Waals surface area contributed by atoms with Gasteiger partial charge in [0.25, 0.3) is 0 Å². The van der Waals surface area contributed by atoms with Crippen LogP contribution in [0.4, 0.5) is 5.69 Å². The summed E-state index contributed by atoms with van der Waals surface area (Å²) < 4.78 is 5.82. The number of amides is 1. The Kier molecular flexibility index (Phi) is 4.38. The zero-order valence-corrected chi connectivity index (χ0v) is 11.6. The highest BCUT2D eigenvalue weighted by Gasteiger charge is 2.11. The van der Waals surface area contributed by atoms with Crippen LogP contribution in [-0.2, 0) is 4.79 Å². The number of carbonyl (C=O) groups excluding carboxylic acids is 1. The molecule has 2 aromatic rings. The van der Waals surface area contributed by atoms with E-state index in [2.05, 4.69) is 5.32 Å². The largest absolute Gasteiger partial charge is 0.455 e. The number of carbonyl (C=O) groups is 1. The van der Waals surface area contributed by atoms with E-state index in [1.165, 1.54) is 0 Å². The molecular weight excluding hydrogens is 252 g/mol. The van der Waals surface area contributed by atoms with Crippen LogP contribution < -0.4 is 15.8 Å². The highest BCUT2D eigenvalue weighted by Crippen LogP contribution is 2.29. The molecule has 0 spiro atoms. The van der Waals surface area contributed by atoms with E-state index in [0.717, 1.165) is 11.3 Å². The molecule has 104 valence electrons. The molecule has 20 heavy (non-hydrogen) atoms. The number of hydrogen-bond acceptors (Lipinski definition) is 3. The summed E-state index contributed by atoms with van der Waals surface area (Å²) in [6.45, 7) is 3.63. The van der Waals surface area contributed by atoms with Crippen molar-refractivity contribution in [2.45, 2.75) is 19.9 Å². The van der Waals surface area contributed by atoms with Gasteiger partial charge in [-0.1, -0.05) is 24.3 Å². The number of rotatable bonds is 4. The predicted octanol–water partition coefficient (Wildman–Crippen LogP) is 3.07. The summed E-state index contributed by atoms with van der Waals surface area (Å²) in [4.78, 5) is 11.7. The van der Waals surface area contributed by atoms with Gasteiger partial charge in [-0.2, -0.15) is 0 Å². The molecule has 0 aliphatic rings. The van der Waals surface area contributed by atoms with E-state index >= 15 is 0 Å². The van der Waals surface area contributed by atoms with Gasteiger partial charge in [-0.3, -0.25) is 4.79 Å². The first kappa shape index (κ1) is 14.1. The van der Waals surface area contributed by atoms with Gasteiger partial charge < -0.3 is 15.8 Å². The van der Waals surface area contributed by atoms with Crippen molar-refractivity contribution in [2.24, 2.45) is 5.73 Å². The molecule has 0 aliphatic carbocycles. The third kappa shape index (κ3) is 3.59. The molecule has 0 bridgehead atoms. The lowest BCUT2D eigenvalue weighted by atomic mass is 10.2. The van der Waals surface area contributed by atoms with Gasteiger partial charge in [-0.25, -0.2) is 0 Å². The second-order valence-electron chi connectivity index (χ2n) is 4.69. The number of anilines is 1. The van der Waals surface area contributed by atoms with Gasteiger partial charge in [-0.05, 0) is 43.7 Å². The number of nitrogens with two attached hydrogens (primary N) is 1. The quantitative estimate of drug-likeness (QED) is 0.897. The van der Waals surface area contributed by atoms with Crippen LogP contribution in [0, 0.1) is 6.92 Å². The Morgan fingerprint density at radius 2 is 1.95 bits per heavy atom. The highest BCUT2D eigenvalue weighted by atomic mass is 16.5. The van der Waals surface area contributed by atoms with Crippen LogP contribution in [0.2, 0.25) is 0 Å². The molecule has 2 aromatic carbocycles. The van der Waals surface area contributed by atoms with Crippen LogP contribution in [-0.4, -0.2) is 11.9 Å². The minimum absolute atomic E-state index is 0.245. The Hall–Kier alpha value is -2.33. The lowest BCUT2D eigenvalue weighted by Gasteiger charge is -2.13. The van der Waals surface area contributed by atoms with Crippen molar-refractivity contribution in [3.8, 4) is 11.5 Å². The molecule has 0 aliphatic heterocycles. The molecule has 0 fully saturated rings. The van der Waals surface area contributed by atoms with E-state index in [0.29, 0.717) is 11.4 Å². The first-order valence-corrected chi connectivity index (χ1v) is 6.46. The molecule has 1 atom stereocenters. The van der Waals surface area contributed by atoms with Crippen LogP contribution in [0.5, 0.6) is 11.5 Å². The molecule has 2 rings (SSSR count). The first-order valence-electron chi connectivity index (χ1n) is 6.46. The van der Waals surface area contributed by atoms with Gasteiger partial charge >= 0.3 is 0 Å². The minimum atomic E-state index is -0.568. The fraction of sp³-hybridized carbons (Fsp3) is 0.188. The molecule has 1 amide bonds. The van der Waals surface area contributed by atoms with Gasteiger partial charge in [0.05, 0.1) is 11.7 Å². The molecule has 0 saturated heterocycles. The standard InChI is InChI=1S/C16H18N2O2/c1-11-6-5-7-13(10-11)20-15-9-4-3-8-14(15)18-16(19)12(2)17/h3-10,12H,17H2,1-2H3,(H,18,19)/t12-/m1/s1. The summed E-state index contributed by atoms with van der Waals surface area (Å²) in [7, 11) is 0. The lowest BCUT2D eigenvalue weighted by molar-refractivity contribution is -0.117. The van der Waals surface area contributed by atoms with Gasteiger partial charge in [0.15, 0.2) is 5.75 Å². The van der Waals surface area contributed by atoms with E-state index in [1.54, 1.807) is 19.1 Å². The minimum Gasteiger partial charge on any atom is -0.455 e. The first-order chi connectivity index (χ1) is 9.56. The average molecular weight is 270 g/mol. The van der Waals surface area contributed by atoms with Crippen molar-refractivity contribution in [2.75, 3.05) is 5.32 Å². The maximum absolute atomic E-state index is 11.7. The van der Waals surface area contributed by atoms with E-state index in [1.807, 2.05) is 43.3 Å². The molecule has 0 saturated carbocycles. The summed E-state index contributed by atoms with van der Waals surface area (Å²) in [6, 6.07) is 14.4. The van der Waals surface area contributed by atoms with E-state index in [9.17, 15) is 4.79 Å².